The van der Waals surface area contributed by atoms with Gasteiger partial charge in [-0.15, -0.1) is 0 Å². The highest BCUT2D eigenvalue weighted by atomic mass is 16.5. The molecule has 0 unspecified atom stereocenters. The second-order valence-electron chi connectivity index (χ2n) is 6.38. The molecule has 27 heavy (non-hydrogen) atoms. The van der Waals surface area contributed by atoms with Crippen molar-refractivity contribution in [3.8, 4) is 5.75 Å². The number of rotatable bonds is 10. The van der Waals surface area contributed by atoms with Gasteiger partial charge in [0.1, 0.15) is 5.75 Å². The van der Waals surface area contributed by atoms with Crippen LogP contribution >= 0.6 is 0 Å². The van der Waals surface area contributed by atoms with Gasteiger partial charge in [0, 0.05) is 13.1 Å². The molecule has 0 fully saturated rings. The molecule has 0 atom stereocenters. The Hall–Kier alpha value is -2.86. The molecule has 6 heteroatoms. The Morgan fingerprint density at radius 2 is 1.81 bits per heavy atom. The average Bonchev–Trinajstić information content (AvgIpc) is 2.66. The highest BCUT2D eigenvalue weighted by molar-refractivity contribution is 5.91. The number of hydrogen-bond donors (Lipinski definition) is 1. The van der Waals surface area contributed by atoms with Crippen molar-refractivity contribution in [3.05, 3.63) is 65.7 Å². The van der Waals surface area contributed by atoms with E-state index in [2.05, 4.69) is 16.3 Å². The molecule has 6 nitrogen and oxygen atoms in total. The van der Waals surface area contributed by atoms with E-state index in [0.717, 1.165) is 12.3 Å². The molecule has 0 bridgehead atoms. The maximum Gasteiger partial charge on any atom is 0.338 e. The fourth-order valence-electron chi connectivity index (χ4n) is 2.43. The molecule has 2 aromatic carbocycles. The van der Waals surface area contributed by atoms with Crippen LogP contribution in [0.4, 0.5) is 0 Å². The van der Waals surface area contributed by atoms with Gasteiger partial charge in [0.15, 0.2) is 6.61 Å². The summed E-state index contributed by atoms with van der Waals surface area (Å²) in [5.74, 6) is -0.0172. The van der Waals surface area contributed by atoms with Crippen LogP contribution in [-0.4, -0.2) is 50.6 Å². The zero-order chi connectivity index (χ0) is 19.5. The minimum atomic E-state index is -0.508. The Balaban J connectivity index is 1.60. The number of amides is 1. The molecular weight excluding hydrogens is 344 g/mol. The van der Waals surface area contributed by atoms with E-state index in [4.69, 9.17) is 9.47 Å². The Labute approximate surface area is 160 Å². The van der Waals surface area contributed by atoms with Gasteiger partial charge in [-0.05, 0) is 50.3 Å². The number of esters is 1. The molecule has 0 saturated carbocycles. The fourth-order valence-corrected chi connectivity index (χ4v) is 2.43. The van der Waals surface area contributed by atoms with Crippen molar-refractivity contribution in [3.63, 3.8) is 0 Å². The first kappa shape index (κ1) is 20.5. The molecular formula is C21H26N2O4. The lowest BCUT2D eigenvalue weighted by molar-refractivity contribution is -0.124. The summed E-state index contributed by atoms with van der Waals surface area (Å²) in [6.45, 7) is 1.52. The molecule has 0 aliphatic heterocycles. The molecule has 0 spiro atoms. The maximum absolute atomic E-state index is 11.8. The number of nitrogens with zero attached hydrogens (tertiary/aromatic N) is 1. The molecule has 2 rings (SSSR count). The number of hydrogen-bond acceptors (Lipinski definition) is 5. The van der Waals surface area contributed by atoms with Crippen molar-refractivity contribution in [1.82, 2.24) is 10.2 Å². The van der Waals surface area contributed by atoms with Gasteiger partial charge in [-0.1, -0.05) is 30.3 Å². The molecule has 0 aromatic heterocycles. The number of carbonyl (C=O) groups excluding carboxylic acids is 2. The van der Waals surface area contributed by atoms with Gasteiger partial charge >= 0.3 is 5.97 Å². The van der Waals surface area contributed by atoms with E-state index in [1.165, 1.54) is 5.56 Å². The van der Waals surface area contributed by atoms with E-state index < -0.39 is 5.97 Å². The third kappa shape index (κ3) is 7.92. The third-order valence-electron chi connectivity index (χ3n) is 3.65. The van der Waals surface area contributed by atoms with Crippen LogP contribution in [0.25, 0.3) is 0 Å². The summed E-state index contributed by atoms with van der Waals surface area (Å²) in [5, 5.41) is 2.71. The van der Waals surface area contributed by atoms with Gasteiger partial charge in [0.05, 0.1) is 12.2 Å². The largest absolute Gasteiger partial charge is 0.494 e. The Morgan fingerprint density at radius 1 is 1.04 bits per heavy atom. The van der Waals surface area contributed by atoms with E-state index in [9.17, 15) is 9.59 Å². The molecule has 1 amide bonds. The Morgan fingerprint density at radius 3 is 2.56 bits per heavy atom. The molecule has 0 radical (unpaired) electrons. The summed E-state index contributed by atoms with van der Waals surface area (Å²) >= 11 is 0. The van der Waals surface area contributed by atoms with Crippen molar-refractivity contribution in [2.45, 2.75) is 13.0 Å². The van der Waals surface area contributed by atoms with Crippen molar-refractivity contribution in [2.24, 2.45) is 0 Å². The summed E-state index contributed by atoms with van der Waals surface area (Å²) < 4.78 is 10.7. The SMILES string of the molecule is CN(C)Cc1cccc(OCCCNC(=O)COC(=O)c2ccccc2)c1. The molecule has 0 heterocycles. The zero-order valence-electron chi connectivity index (χ0n) is 15.8. The van der Waals surface area contributed by atoms with Crippen LogP contribution in [0, 0.1) is 0 Å². The number of benzene rings is 2. The minimum absolute atomic E-state index is 0.291. The summed E-state index contributed by atoms with van der Waals surface area (Å²) in [6, 6.07) is 16.5. The van der Waals surface area contributed by atoms with Crippen LogP contribution in [0.1, 0.15) is 22.3 Å². The summed E-state index contributed by atoms with van der Waals surface area (Å²) in [6.07, 6.45) is 0.663. The van der Waals surface area contributed by atoms with Crippen LogP contribution < -0.4 is 10.1 Å². The lowest BCUT2D eigenvalue weighted by Gasteiger charge is -2.12. The van der Waals surface area contributed by atoms with Crippen LogP contribution in [0.15, 0.2) is 54.6 Å². The lowest BCUT2D eigenvalue weighted by Crippen LogP contribution is -2.30. The maximum atomic E-state index is 11.8. The average molecular weight is 370 g/mol. The van der Waals surface area contributed by atoms with E-state index in [1.54, 1.807) is 24.3 Å². The van der Waals surface area contributed by atoms with E-state index in [0.29, 0.717) is 25.1 Å². The van der Waals surface area contributed by atoms with Crippen molar-refractivity contribution in [2.75, 3.05) is 33.9 Å². The molecule has 0 aliphatic carbocycles. The Bertz CT molecular complexity index is 732. The minimum Gasteiger partial charge on any atom is -0.494 e. The van der Waals surface area contributed by atoms with Crippen LogP contribution in [0.3, 0.4) is 0 Å². The van der Waals surface area contributed by atoms with Crippen molar-refractivity contribution >= 4 is 11.9 Å². The molecule has 0 aliphatic rings. The van der Waals surface area contributed by atoms with Gasteiger partial charge in [-0.25, -0.2) is 4.79 Å². The summed E-state index contributed by atoms with van der Waals surface area (Å²) in [7, 11) is 4.04. The van der Waals surface area contributed by atoms with Gasteiger partial charge in [0.2, 0.25) is 0 Å². The Kier molecular flexibility index (Phi) is 8.32. The molecule has 1 N–H and O–H groups in total. The molecule has 144 valence electrons. The van der Waals surface area contributed by atoms with Crippen LogP contribution in [-0.2, 0) is 16.1 Å². The first-order valence-electron chi connectivity index (χ1n) is 8.90. The zero-order valence-corrected chi connectivity index (χ0v) is 15.8. The van der Waals surface area contributed by atoms with Gasteiger partial charge < -0.3 is 19.7 Å². The number of ether oxygens (including phenoxy) is 2. The van der Waals surface area contributed by atoms with E-state index >= 15 is 0 Å². The third-order valence-corrected chi connectivity index (χ3v) is 3.65. The van der Waals surface area contributed by atoms with Gasteiger partial charge in [-0.3, -0.25) is 4.79 Å². The molecule has 2 aromatic rings. The fraction of sp³-hybridized carbons (Fsp3) is 0.333. The standard InChI is InChI=1S/C21H26N2O4/c1-23(2)15-17-8-6-11-19(14-17)26-13-7-12-22-20(24)16-27-21(25)18-9-4-3-5-10-18/h3-6,8-11,14H,7,12-13,15-16H2,1-2H3,(H,22,24). The van der Waals surface area contributed by atoms with E-state index in [1.807, 2.05) is 38.4 Å². The van der Waals surface area contributed by atoms with Crippen LogP contribution in [0.5, 0.6) is 5.75 Å². The van der Waals surface area contributed by atoms with Gasteiger partial charge in [-0.2, -0.15) is 0 Å². The quantitative estimate of drug-likeness (QED) is 0.514. The highest BCUT2D eigenvalue weighted by Crippen LogP contribution is 2.14. The lowest BCUT2D eigenvalue weighted by atomic mass is 10.2. The van der Waals surface area contributed by atoms with Crippen LogP contribution in [0.2, 0.25) is 0 Å². The smallest absolute Gasteiger partial charge is 0.338 e. The second-order valence-corrected chi connectivity index (χ2v) is 6.38. The topological polar surface area (TPSA) is 67.9 Å². The number of nitrogens with one attached hydrogen (secondary N) is 1. The normalized spacial score (nSPS) is 10.5. The van der Waals surface area contributed by atoms with Crippen molar-refractivity contribution in [1.29, 1.82) is 0 Å². The predicted molar refractivity (Wildman–Crippen MR) is 104 cm³/mol. The molecule has 0 saturated heterocycles. The highest BCUT2D eigenvalue weighted by Gasteiger charge is 2.09. The monoisotopic (exact) mass is 370 g/mol. The summed E-state index contributed by atoms with van der Waals surface area (Å²) in [5.41, 5.74) is 1.61. The first-order chi connectivity index (χ1) is 13.0. The first-order valence-corrected chi connectivity index (χ1v) is 8.90. The van der Waals surface area contributed by atoms with Crippen molar-refractivity contribution < 1.29 is 19.1 Å². The second kappa shape index (κ2) is 11.0. The summed E-state index contributed by atoms with van der Waals surface area (Å²) in [4.78, 5) is 25.6. The van der Waals surface area contributed by atoms with Gasteiger partial charge in [0.25, 0.3) is 5.91 Å². The number of carbonyl (C=O) groups is 2. The predicted octanol–water partition coefficient (Wildman–Crippen LogP) is 2.49. The van der Waals surface area contributed by atoms with E-state index in [-0.39, 0.29) is 12.5 Å².